The minimum Gasteiger partial charge on any atom is -0.511 e. The molecule has 0 unspecified atom stereocenters. The molecule has 1 heterocycles. The largest absolute Gasteiger partial charge is 0.511 e. The van der Waals surface area contributed by atoms with Crippen LogP contribution in [0.5, 0.6) is 11.5 Å². The molecule has 11 radical (unpaired) electrons. The molecule has 4 aromatic carbocycles. The molecule has 0 aromatic heterocycles. The fourth-order valence-corrected chi connectivity index (χ4v) is 28.7. The van der Waals surface area contributed by atoms with Gasteiger partial charge in [-0.3, -0.25) is 0 Å². The van der Waals surface area contributed by atoms with Gasteiger partial charge in [0.05, 0.1) is 27.2 Å². The number of benzene rings is 4. The molecule has 0 spiro atoms. The summed E-state index contributed by atoms with van der Waals surface area (Å²) in [4.78, 5) is 0. The molecule has 4 aromatic rings. The van der Waals surface area contributed by atoms with E-state index in [0.29, 0.717) is 0 Å². The fraction of sp³-hybridized carbons (Fsp3) is 0.392. The van der Waals surface area contributed by atoms with E-state index < -0.39 is 40.9 Å². The van der Waals surface area contributed by atoms with Gasteiger partial charge < -0.3 is 14.5 Å². The molecule has 2 fully saturated rings. The van der Waals surface area contributed by atoms with E-state index >= 15 is 0 Å². The van der Waals surface area contributed by atoms with Crippen LogP contribution >= 0.6 is 0 Å². The summed E-state index contributed by atoms with van der Waals surface area (Å²) < 4.78 is 15.9. The zero-order chi connectivity index (χ0) is 43.0. The predicted molar refractivity (Wildman–Crippen MR) is 267 cm³/mol. The number of hydrogen-bond acceptors (Lipinski definition) is 2. The van der Waals surface area contributed by atoms with Crippen molar-refractivity contribution in [3.05, 3.63) is 138 Å². The van der Waals surface area contributed by atoms with Gasteiger partial charge in [-0.05, 0) is 93.1 Å². The van der Waals surface area contributed by atoms with Crippen LogP contribution in [-0.4, -0.2) is 40.9 Å². The molecule has 8 heteroatoms. The Morgan fingerprint density at radius 2 is 0.797 bits per heavy atom. The van der Waals surface area contributed by atoms with Crippen molar-refractivity contribution in [1.29, 1.82) is 0 Å². The Morgan fingerprint density at radius 1 is 0.458 bits per heavy atom. The van der Waals surface area contributed by atoms with Crippen LogP contribution in [0.15, 0.2) is 72.8 Å². The summed E-state index contributed by atoms with van der Waals surface area (Å²) in [6.07, 6.45) is 10.0. The maximum absolute atomic E-state index is 7.94. The van der Waals surface area contributed by atoms with Gasteiger partial charge in [0.15, 0.2) is 0 Å². The summed E-state index contributed by atoms with van der Waals surface area (Å²) >= 11 is 0. The molecule has 311 valence electrons. The van der Waals surface area contributed by atoms with Gasteiger partial charge in [-0.25, -0.2) is 0 Å². The van der Waals surface area contributed by atoms with Crippen LogP contribution in [0.2, 0.25) is 78.6 Å². The van der Waals surface area contributed by atoms with E-state index in [-0.39, 0.29) is 43.5 Å². The Bertz CT molecular complexity index is 1940. The first-order chi connectivity index (χ1) is 26.5. The summed E-state index contributed by atoms with van der Waals surface area (Å²) in [6.45, 7) is 43.3. The van der Waals surface area contributed by atoms with Gasteiger partial charge in [-0.15, -0.1) is 16.1 Å². The smallest absolute Gasteiger partial charge is 0.475 e. The number of fused-ring (bicyclic) bond motifs is 7. The van der Waals surface area contributed by atoms with Gasteiger partial charge >= 0.3 is 8.56 Å². The molecule has 0 N–H and O–H groups in total. The van der Waals surface area contributed by atoms with Crippen molar-refractivity contribution >= 4 is 62.4 Å². The summed E-state index contributed by atoms with van der Waals surface area (Å²) in [7, 11) is -9.02. The van der Waals surface area contributed by atoms with E-state index in [1.807, 2.05) is 0 Å². The Labute approximate surface area is 392 Å². The van der Waals surface area contributed by atoms with Crippen LogP contribution in [0, 0.1) is 76.2 Å². The quantitative estimate of drug-likeness (QED) is 0.142. The first-order valence-electron chi connectivity index (χ1n) is 21.4. The Hall–Kier alpha value is -0.812. The van der Waals surface area contributed by atoms with Crippen LogP contribution in [0.1, 0.15) is 41.5 Å². The van der Waals surface area contributed by atoms with Crippen molar-refractivity contribution in [3.63, 3.8) is 0 Å². The van der Waals surface area contributed by atoms with E-state index in [2.05, 4.69) is 224 Å². The second-order valence-corrected chi connectivity index (χ2v) is 46.6. The zero-order valence-corrected chi connectivity index (χ0v) is 47.5. The zero-order valence-electron chi connectivity index (χ0n) is 39.7. The first-order valence-corrected chi connectivity index (χ1v) is 37.4. The van der Waals surface area contributed by atoms with E-state index in [1.54, 1.807) is 0 Å². The van der Waals surface area contributed by atoms with Gasteiger partial charge in [-0.1, -0.05) is 181 Å². The van der Waals surface area contributed by atoms with Crippen LogP contribution in [0.4, 0.5) is 0 Å². The third kappa shape index (κ3) is 10.8. The molecule has 0 atom stereocenters. The molecule has 0 bridgehead atoms. The standard InChI is InChI=1S/C44H52O2Si3.C7H19Si2.Y/c1-43(2,3)31-25-37(47(7,8)9)39(27-31)49(40-28-32(44(4,5)6)26-38(40)48(10,11)12)45-35-23-21-29-17-13-15-19-33(29)41(35)42-34-20-16-14-18-30(34)22-24-36(42)46-49;1-8(2,3)7-9(4,5)6;/h13-28H,1-12H3;7H,1-6H3;/q;-1;. The number of rotatable bonds is 6. The molecule has 2 saturated carbocycles. The van der Waals surface area contributed by atoms with Crippen LogP contribution < -0.4 is 8.85 Å². The van der Waals surface area contributed by atoms with Gasteiger partial charge in [-0.2, -0.15) is 0 Å². The second-order valence-electron chi connectivity index (χ2n) is 23.2. The maximum Gasteiger partial charge on any atom is 0.475 e. The fourth-order valence-electron chi connectivity index (χ4n) is 8.85. The van der Waals surface area contributed by atoms with Crippen LogP contribution in [0.3, 0.4) is 0 Å². The van der Waals surface area contributed by atoms with Crippen molar-refractivity contribution in [2.75, 3.05) is 0 Å². The Kier molecular flexibility index (Phi) is 14.4. The maximum atomic E-state index is 7.94. The first kappa shape index (κ1) is 49.2. The van der Waals surface area contributed by atoms with Gasteiger partial charge in [0.25, 0.3) is 0 Å². The third-order valence-corrected chi connectivity index (χ3v) is 26.0. The third-order valence-electron chi connectivity index (χ3n) is 11.2. The summed E-state index contributed by atoms with van der Waals surface area (Å²) in [5.74, 6) is 4.55. The molecular formula is C51H71O2Si5Y-. The molecule has 7 rings (SSSR count). The van der Waals surface area contributed by atoms with E-state index in [0.717, 1.165) is 22.6 Å². The van der Waals surface area contributed by atoms with Crippen molar-refractivity contribution in [3.8, 4) is 22.6 Å². The Morgan fingerprint density at radius 3 is 1.08 bits per heavy atom. The van der Waals surface area contributed by atoms with E-state index in [1.165, 1.54) is 55.5 Å². The van der Waals surface area contributed by atoms with Gasteiger partial charge in [0, 0.05) is 43.8 Å². The molecule has 3 aliphatic rings. The molecule has 0 amide bonds. The summed E-state index contributed by atoms with van der Waals surface area (Å²) in [5, 5.41) is 4.79. The topological polar surface area (TPSA) is 18.5 Å². The molecule has 0 saturated heterocycles. The molecule has 59 heavy (non-hydrogen) atoms. The van der Waals surface area contributed by atoms with Crippen molar-refractivity contribution in [2.24, 2.45) is 10.8 Å². The Balaban J connectivity index is 0.000000594. The van der Waals surface area contributed by atoms with Crippen molar-refractivity contribution < 1.29 is 41.6 Å². The minimum absolute atomic E-state index is 0. The van der Waals surface area contributed by atoms with Crippen LogP contribution in [0.25, 0.3) is 32.7 Å². The SMILES string of the molecule is CC(C)(C)[C]1[CH][C]([Si](C)(C)C)[C]([Si]2([C]3[CH][C](C(C)(C)C)[CH][C]3[Si](C)(C)C)Oc3ccc4ccccc4c3-c3c(ccc4ccccc34)O2)[CH]1.C[Si](C)(C)[CH-][Si](C)(C)C.[Y]. The average Bonchev–Trinajstić information content (AvgIpc) is 3.72. The number of hydrogen-bond donors (Lipinski definition) is 0. The average molecular weight is 945 g/mol. The van der Waals surface area contributed by atoms with Crippen molar-refractivity contribution in [2.45, 2.75) is 120 Å². The van der Waals surface area contributed by atoms with Gasteiger partial charge in [0.1, 0.15) is 11.5 Å². The normalized spacial score (nSPS) is 19.4. The summed E-state index contributed by atoms with van der Waals surface area (Å²) in [5.41, 5.74) is 10.4. The van der Waals surface area contributed by atoms with Gasteiger partial charge in [0.2, 0.25) is 0 Å². The van der Waals surface area contributed by atoms with Crippen LogP contribution in [-0.2, 0) is 32.7 Å². The van der Waals surface area contributed by atoms with E-state index in [9.17, 15) is 0 Å². The van der Waals surface area contributed by atoms with Crippen molar-refractivity contribution in [1.82, 2.24) is 0 Å². The molecular weight excluding hydrogens is 874 g/mol. The van der Waals surface area contributed by atoms with E-state index in [4.69, 9.17) is 8.85 Å². The minimum atomic E-state index is -3.52. The molecule has 1 aliphatic heterocycles. The second kappa shape index (κ2) is 17.3. The monoisotopic (exact) mass is 944 g/mol. The molecule has 2 nitrogen and oxygen atoms in total. The summed E-state index contributed by atoms with van der Waals surface area (Å²) in [6, 6.07) is 26.4. The molecule has 2 aliphatic carbocycles. The predicted octanol–water partition coefficient (Wildman–Crippen LogP) is 15.0.